The third-order valence-corrected chi connectivity index (χ3v) is 3.09. The number of hydrogen-bond donors (Lipinski definition) is 0. The van der Waals surface area contributed by atoms with E-state index in [4.69, 9.17) is 16.3 Å². The number of pyridine rings is 1. The molecule has 2 aromatic rings. The van der Waals surface area contributed by atoms with E-state index in [0.717, 1.165) is 5.56 Å². The van der Waals surface area contributed by atoms with Crippen LogP contribution in [0.15, 0.2) is 42.6 Å². The summed E-state index contributed by atoms with van der Waals surface area (Å²) in [4.78, 5) is 27.8. The Balaban J connectivity index is 2.14. The summed E-state index contributed by atoms with van der Waals surface area (Å²) in [6.45, 7) is 2.01. The lowest BCUT2D eigenvalue weighted by Crippen LogP contribution is -2.10. The predicted octanol–water partition coefficient (Wildman–Crippen LogP) is 3.34. The lowest BCUT2D eigenvalue weighted by molar-refractivity contribution is 0.0526. The Morgan fingerprint density at radius 2 is 1.90 bits per heavy atom. The van der Waals surface area contributed by atoms with Crippen LogP contribution in [0.5, 0.6) is 0 Å². The van der Waals surface area contributed by atoms with Crippen molar-refractivity contribution in [1.82, 2.24) is 4.98 Å². The second-order valence-electron chi connectivity index (χ2n) is 4.38. The summed E-state index contributed by atoms with van der Waals surface area (Å²) in [7, 11) is 0. The minimum atomic E-state index is -0.458. The van der Waals surface area contributed by atoms with Crippen LogP contribution in [0.4, 0.5) is 0 Å². The molecule has 4 nitrogen and oxygen atoms in total. The van der Waals surface area contributed by atoms with Crippen LogP contribution in [-0.2, 0) is 11.2 Å². The van der Waals surface area contributed by atoms with E-state index in [0.29, 0.717) is 10.6 Å². The van der Waals surface area contributed by atoms with Crippen LogP contribution in [0.3, 0.4) is 0 Å². The number of halogens is 1. The molecule has 0 aliphatic rings. The van der Waals surface area contributed by atoms with Gasteiger partial charge in [-0.1, -0.05) is 23.7 Å². The maximum Gasteiger partial charge on any atom is 0.338 e. The average Bonchev–Trinajstić information content (AvgIpc) is 2.50. The molecule has 0 saturated carbocycles. The van der Waals surface area contributed by atoms with E-state index in [1.54, 1.807) is 31.2 Å². The lowest BCUT2D eigenvalue weighted by Gasteiger charge is -2.04. The molecule has 0 spiro atoms. The van der Waals surface area contributed by atoms with E-state index in [1.807, 2.05) is 0 Å². The van der Waals surface area contributed by atoms with Crippen molar-refractivity contribution < 1.29 is 14.3 Å². The van der Waals surface area contributed by atoms with E-state index in [2.05, 4.69) is 4.98 Å². The van der Waals surface area contributed by atoms with Crippen LogP contribution < -0.4 is 0 Å². The smallest absolute Gasteiger partial charge is 0.338 e. The monoisotopic (exact) mass is 303 g/mol. The SMILES string of the molecule is CCOC(=O)c1ccnc(C(=O)Cc2ccc(Cl)cc2)c1. The topological polar surface area (TPSA) is 56.3 Å². The fraction of sp³-hybridized carbons (Fsp3) is 0.188. The van der Waals surface area contributed by atoms with E-state index < -0.39 is 5.97 Å². The Morgan fingerprint density at radius 3 is 2.57 bits per heavy atom. The standard InChI is InChI=1S/C16H14ClNO3/c1-2-21-16(20)12-7-8-18-14(10-12)15(19)9-11-3-5-13(17)6-4-11/h3-8,10H,2,9H2,1H3. The van der Waals surface area contributed by atoms with E-state index in [-0.39, 0.29) is 24.5 Å². The van der Waals surface area contributed by atoms with Gasteiger partial charge in [-0.05, 0) is 36.8 Å². The highest BCUT2D eigenvalue weighted by Crippen LogP contribution is 2.12. The fourth-order valence-corrected chi connectivity index (χ4v) is 1.93. The number of hydrogen-bond acceptors (Lipinski definition) is 4. The van der Waals surface area contributed by atoms with Crippen molar-refractivity contribution >= 4 is 23.4 Å². The number of aromatic nitrogens is 1. The maximum atomic E-state index is 12.2. The number of ketones is 1. The van der Waals surface area contributed by atoms with Gasteiger partial charge >= 0.3 is 5.97 Å². The van der Waals surface area contributed by atoms with Gasteiger partial charge in [-0.15, -0.1) is 0 Å². The Labute approximate surface area is 127 Å². The molecule has 5 heteroatoms. The largest absolute Gasteiger partial charge is 0.462 e. The normalized spacial score (nSPS) is 10.2. The first kappa shape index (κ1) is 15.2. The highest BCUT2D eigenvalue weighted by molar-refractivity contribution is 6.30. The number of carbonyl (C=O) groups excluding carboxylic acids is 2. The Morgan fingerprint density at radius 1 is 1.19 bits per heavy atom. The van der Waals surface area contributed by atoms with Crippen molar-refractivity contribution in [2.45, 2.75) is 13.3 Å². The van der Waals surface area contributed by atoms with Crippen molar-refractivity contribution in [3.8, 4) is 0 Å². The molecule has 0 aliphatic heterocycles. The van der Waals surface area contributed by atoms with Gasteiger partial charge < -0.3 is 4.74 Å². The molecule has 0 N–H and O–H groups in total. The molecule has 0 amide bonds. The summed E-state index contributed by atoms with van der Waals surface area (Å²) in [6.07, 6.45) is 1.64. The summed E-state index contributed by atoms with van der Waals surface area (Å²) in [5.41, 5.74) is 1.41. The number of carbonyl (C=O) groups is 2. The van der Waals surface area contributed by atoms with Crippen LogP contribution in [0.2, 0.25) is 5.02 Å². The molecule has 1 aromatic carbocycles. The van der Waals surface area contributed by atoms with Crippen LogP contribution in [0.1, 0.15) is 33.3 Å². The molecule has 0 atom stereocenters. The minimum absolute atomic E-state index is 0.163. The molecule has 0 saturated heterocycles. The maximum absolute atomic E-state index is 12.2. The molecule has 0 aliphatic carbocycles. The number of esters is 1. The van der Waals surface area contributed by atoms with Crippen LogP contribution >= 0.6 is 11.6 Å². The number of ether oxygens (including phenoxy) is 1. The first-order valence-electron chi connectivity index (χ1n) is 6.51. The number of rotatable bonds is 5. The molecule has 108 valence electrons. The fourth-order valence-electron chi connectivity index (χ4n) is 1.80. The first-order valence-corrected chi connectivity index (χ1v) is 6.88. The first-order chi connectivity index (χ1) is 10.1. The van der Waals surface area contributed by atoms with Gasteiger partial charge in [-0.3, -0.25) is 9.78 Å². The van der Waals surface area contributed by atoms with Gasteiger partial charge in [0.15, 0.2) is 5.78 Å². The molecule has 0 fully saturated rings. The highest BCUT2D eigenvalue weighted by Gasteiger charge is 2.13. The minimum Gasteiger partial charge on any atom is -0.462 e. The van der Waals surface area contributed by atoms with Crippen molar-refractivity contribution in [2.24, 2.45) is 0 Å². The van der Waals surface area contributed by atoms with E-state index >= 15 is 0 Å². The molecule has 0 radical (unpaired) electrons. The van der Waals surface area contributed by atoms with Gasteiger partial charge in [0, 0.05) is 17.6 Å². The van der Waals surface area contributed by atoms with Gasteiger partial charge in [0.1, 0.15) is 5.69 Å². The summed E-state index contributed by atoms with van der Waals surface area (Å²) >= 11 is 5.80. The molecule has 1 heterocycles. The summed E-state index contributed by atoms with van der Waals surface area (Å²) < 4.78 is 4.90. The van der Waals surface area contributed by atoms with E-state index in [9.17, 15) is 9.59 Å². The molecule has 2 rings (SSSR count). The van der Waals surface area contributed by atoms with Gasteiger partial charge in [-0.25, -0.2) is 4.79 Å². The van der Waals surface area contributed by atoms with Gasteiger partial charge in [0.25, 0.3) is 0 Å². The third-order valence-electron chi connectivity index (χ3n) is 2.83. The molecular formula is C16H14ClNO3. The highest BCUT2D eigenvalue weighted by atomic mass is 35.5. The Bertz CT molecular complexity index is 653. The van der Waals surface area contributed by atoms with Crippen LogP contribution in [0, 0.1) is 0 Å². The van der Waals surface area contributed by atoms with Gasteiger partial charge in [0.2, 0.25) is 0 Å². The van der Waals surface area contributed by atoms with Crippen molar-refractivity contribution in [3.05, 3.63) is 64.4 Å². The van der Waals surface area contributed by atoms with Gasteiger partial charge in [-0.2, -0.15) is 0 Å². The molecule has 0 bridgehead atoms. The molecule has 1 aromatic heterocycles. The molecular weight excluding hydrogens is 290 g/mol. The predicted molar refractivity (Wildman–Crippen MR) is 79.7 cm³/mol. The van der Waals surface area contributed by atoms with Gasteiger partial charge in [0.05, 0.1) is 12.2 Å². The molecule has 0 unspecified atom stereocenters. The van der Waals surface area contributed by atoms with Crippen molar-refractivity contribution in [2.75, 3.05) is 6.61 Å². The number of Topliss-reactive ketones (excluding diaryl/α,β-unsaturated/α-hetero) is 1. The Kier molecular flexibility index (Phi) is 5.06. The second-order valence-corrected chi connectivity index (χ2v) is 4.81. The second kappa shape index (κ2) is 6.99. The third kappa shape index (κ3) is 4.13. The van der Waals surface area contributed by atoms with Crippen LogP contribution in [-0.4, -0.2) is 23.3 Å². The number of nitrogens with zero attached hydrogens (tertiary/aromatic N) is 1. The lowest BCUT2D eigenvalue weighted by atomic mass is 10.1. The number of benzene rings is 1. The van der Waals surface area contributed by atoms with Crippen LogP contribution in [0.25, 0.3) is 0 Å². The average molecular weight is 304 g/mol. The van der Waals surface area contributed by atoms with E-state index in [1.165, 1.54) is 18.3 Å². The zero-order chi connectivity index (χ0) is 15.2. The zero-order valence-electron chi connectivity index (χ0n) is 11.5. The summed E-state index contributed by atoms with van der Waals surface area (Å²) in [6, 6.07) is 10.0. The van der Waals surface area contributed by atoms with Crippen molar-refractivity contribution in [3.63, 3.8) is 0 Å². The Hall–Kier alpha value is -2.20. The summed E-state index contributed by atoms with van der Waals surface area (Å²) in [5, 5.41) is 0.619. The quantitative estimate of drug-likeness (QED) is 0.628. The molecule has 21 heavy (non-hydrogen) atoms. The van der Waals surface area contributed by atoms with Crippen molar-refractivity contribution in [1.29, 1.82) is 0 Å². The zero-order valence-corrected chi connectivity index (χ0v) is 12.3. The summed E-state index contributed by atoms with van der Waals surface area (Å²) in [5.74, 6) is -0.621.